The number of nitrogens with one attached hydrogen (secondary N) is 1. The maximum atomic E-state index is 13.3. The van der Waals surface area contributed by atoms with Crippen LogP contribution < -0.4 is 5.32 Å². The molecule has 16 heavy (non-hydrogen) atoms. The van der Waals surface area contributed by atoms with Crippen molar-refractivity contribution < 1.29 is 8.78 Å². The molecule has 2 atom stereocenters. The molecule has 0 aliphatic carbocycles. The van der Waals surface area contributed by atoms with Gasteiger partial charge in [0.1, 0.15) is 11.6 Å². The summed E-state index contributed by atoms with van der Waals surface area (Å²) in [7, 11) is 0. The van der Waals surface area contributed by atoms with E-state index in [0.29, 0.717) is 23.0 Å². The minimum atomic E-state index is -0.539. The lowest BCUT2D eigenvalue weighted by molar-refractivity contribution is 0.499. The van der Waals surface area contributed by atoms with Gasteiger partial charge in [-0.1, -0.05) is 28.9 Å². The number of hydrogen-bond acceptors (Lipinski definition) is 1. The van der Waals surface area contributed by atoms with Crippen LogP contribution in [0.4, 0.5) is 8.78 Å². The minimum absolute atomic E-state index is 0.291. The van der Waals surface area contributed by atoms with Crippen LogP contribution in [0.3, 0.4) is 0 Å². The van der Waals surface area contributed by atoms with Crippen LogP contribution in [0, 0.1) is 11.6 Å². The van der Waals surface area contributed by atoms with E-state index in [-0.39, 0.29) is 0 Å². The molecule has 0 saturated carbocycles. The van der Waals surface area contributed by atoms with Crippen LogP contribution in [-0.4, -0.2) is 10.9 Å². The Labute approximate surface area is 103 Å². The summed E-state index contributed by atoms with van der Waals surface area (Å²) in [4.78, 5) is 0.424. The molecule has 0 radical (unpaired) electrons. The number of rotatable bonds is 5. The second kappa shape index (κ2) is 6.30. The Morgan fingerprint density at radius 2 is 2.00 bits per heavy atom. The van der Waals surface area contributed by atoms with Crippen molar-refractivity contribution in [2.45, 2.75) is 37.7 Å². The fourth-order valence-corrected chi connectivity index (χ4v) is 2.08. The highest BCUT2D eigenvalue weighted by Crippen LogP contribution is 2.11. The molecule has 1 rings (SSSR count). The largest absolute Gasteiger partial charge is 0.310 e. The van der Waals surface area contributed by atoms with E-state index in [1.54, 1.807) is 0 Å². The van der Waals surface area contributed by atoms with Crippen molar-refractivity contribution in [2.75, 3.05) is 0 Å². The number of benzene rings is 1. The van der Waals surface area contributed by atoms with Gasteiger partial charge in [0, 0.05) is 29.0 Å². The summed E-state index contributed by atoms with van der Waals surface area (Å²) in [6, 6.07) is 3.95. The molecule has 0 aromatic heterocycles. The first kappa shape index (κ1) is 13.6. The summed E-state index contributed by atoms with van der Waals surface area (Å²) >= 11 is 3.46. The highest BCUT2D eigenvalue weighted by atomic mass is 79.9. The third kappa shape index (κ3) is 4.58. The van der Waals surface area contributed by atoms with Crippen molar-refractivity contribution in [1.29, 1.82) is 0 Å². The zero-order valence-corrected chi connectivity index (χ0v) is 11.0. The van der Waals surface area contributed by atoms with Gasteiger partial charge in [-0.15, -0.1) is 0 Å². The molecule has 0 saturated heterocycles. The Bertz CT molecular complexity index is 342. The van der Waals surface area contributed by atoms with Gasteiger partial charge in [0.2, 0.25) is 0 Å². The summed E-state index contributed by atoms with van der Waals surface area (Å²) in [5.74, 6) is -1.03. The Balaban J connectivity index is 2.48. The molecule has 0 aliphatic rings. The van der Waals surface area contributed by atoms with Crippen LogP contribution in [-0.2, 0) is 6.54 Å². The number of hydrogen-bond donors (Lipinski definition) is 1. The fourth-order valence-electron chi connectivity index (χ4n) is 1.52. The van der Waals surface area contributed by atoms with E-state index in [0.717, 1.165) is 12.5 Å². The lowest BCUT2D eigenvalue weighted by Gasteiger charge is -2.15. The van der Waals surface area contributed by atoms with Gasteiger partial charge in [0.15, 0.2) is 0 Å². The van der Waals surface area contributed by atoms with E-state index >= 15 is 0 Å². The smallest absolute Gasteiger partial charge is 0.130 e. The molecule has 1 N–H and O–H groups in total. The second-order valence-electron chi connectivity index (χ2n) is 4.03. The van der Waals surface area contributed by atoms with E-state index in [2.05, 4.69) is 28.2 Å². The maximum absolute atomic E-state index is 13.3. The maximum Gasteiger partial charge on any atom is 0.130 e. The lowest BCUT2D eigenvalue weighted by atomic mass is 10.1. The second-order valence-corrected chi connectivity index (χ2v) is 5.60. The van der Waals surface area contributed by atoms with Gasteiger partial charge in [0.25, 0.3) is 0 Å². The van der Waals surface area contributed by atoms with Crippen molar-refractivity contribution in [3.05, 3.63) is 35.4 Å². The molecular formula is C12H16BrF2N. The Morgan fingerprint density at radius 3 is 2.56 bits per heavy atom. The number of halogens is 3. The van der Waals surface area contributed by atoms with Gasteiger partial charge in [0.05, 0.1) is 0 Å². The van der Waals surface area contributed by atoms with E-state index in [1.165, 1.54) is 12.1 Å². The normalized spacial score (nSPS) is 14.8. The zero-order valence-electron chi connectivity index (χ0n) is 9.43. The first-order chi connectivity index (χ1) is 7.49. The molecule has 0 amide bonds. The van der Waals surface area contributed by atoms with E-state index in [1.807, 2.05) is 6.92 Å². The van der Waals surface area contributed by atoms with Crippen LogP contribution in [0.5, 0.6) is 0 Å². The first-order valence-electron chi connectivity index (χ1n) is 5.30. The van der Waals surface area contributed by atoms with E-state index < -0.39 is 11.6 Å². The van der Waals surface area contributed by atoms with Crippen LogP contribution in [0.15, 0.2) is 18.2 Å². The predicted molar refractivity (Wildman–Crippen MR) is 65.7 cm³/mol. The number of alkyl halides is 1. The molecule has 4 heteroatoms. The van der Waals surface area contributed by atoms with Crippen molar-refractivity contribution in [1.82, 2.24) is 5.32 Å². The minimum Gasteiger partial charge on any atom is -0.310 e. The summed E-state index contributed by atoms with van der Waals surface area (Å²) in [6.07, 6.45) is 0.961. The third-order valence-corrected chi connectivity index (χ3v) is 2.71. The predicted octanol–water partition coefficient (Wildman–Crippen LogP) is 3.62. The molecule has 0 fully saturated rings. The van der Waals surface area contributed by atoms with Gasteiger partial charge in [-0.2, -0.15) is 0 Å². The molecule has 1 nitrogen and oxygen atoms in total. The summed E-state index contributed by atoms with van der Waals surface area (Å²) in [5.41, 5.74) is 0.496. The molecule has 2 unspecified atom stereocenters. The summed E-state index contributed by atoms with van der Waals surface area (Å²) in [5, 5.41) is 3.20. The molecule has 0 bridgehead atoms. The van der Waals surface area contributed by atoms with Gasteiger partial charge >= 0.3 is 0 Å². The molecule has 90 valence electrons. The average Bonchev–Trinajstić information content (AvgIpc) is 2.15. The standard InChI is InChI=1S/C12H16BrF2N/c1-8(13)5-9(2)16-7-10-3-4-11(14)6-12(10)15/h3-4,6,8-9,16H,5,7H2,1-2H3. The zero-order chi connectivity index (χ0) is 12.1. The lowest BCUT2D eigenvalue weighted by Crippen LogP contribution is -2.27. The van der Waals surface area contributed by atoms with Crippen molar-refractivity contribution in [3.63, 3.8) is 0 Å². The Hall–Kier alpha value is -0.480. The quantitative estimate of drug-likeness (QED) is 0.817. The molecule has 1 aromatic rings. The van der Waals surface area contributed by atoms with Crippen LogP contribution >= 0.6 is 15.9 Å². The summed E-state index contributed by atoms with van der Waals surface area (Å²) in [6.45, 7) is 4.53. The van der Waals surface area contributed by atoms with Crippen molar-refractivity contribution in [2.24, 2.45) is 0 Å². The van der Waals surface area contributed by atoms with Crippen LogP contribution in [0.25, 0.3) is 0 Å². The fraction of sp³-hybridized carbons (Fsp3) is 0.500. The average molecular weight is 292 g/mol. The van der Waals surface area contributed by atoms with Crippen molar-refractivity contribution >= 4 is 15.9 Å². The van der Waals surface area contributed by atoms with Gasteiger partial charge in [-0.3, -0.25) is 0 Å². The van der Waals surface area contributed by atoms with Gasteiger partial charge in [-0.25, -0.2) is 8.78 Å². The monoisotopic (exact) mass is 291 g/mol. The summed E-state index contributed by atoms with van der Waals surface area (Å²) < 4.78 is 25.9. The highest BCUT2D eigenvalue weighted by molar-refractivity contribution is 9.09. The topological polar surface area (TPSA) is 12.0 Å². The SMILES string of the molecule is CC(Br)CC(C)NCc1ccc(F)cc1F. The first-order valence-corrected chi connectivity index (χ1v) is 6.22. The molecule has 1 aromatic carbocycles. The molecular weight excluding hydrogens is 276 g/mol. The molecule has 0 spiro atoms. The van der Waals surface area contributed by atoms with Crippen LogP contribution in [0.2, 0.25) is 0 Å². The van der Waals surface area contributed by atoms with E-state index in [9.17, 15) is 8.78 Å². The van der Waals surface area contributed by atoms with Crippen molar-refractivity contribution in [3.8, 4) is 0 Å². The highest BCUT2D eigenvalue weighted by Gasteiger charge is 2.08. The third-order valence-electron chi connectivity index (χ3n) is 2.33. The van der Waals surface area contributed by atoms with Crippen LogP contribution in [0.1, 0.15) is 25.8 Å². The Kier molecular flexibility index (Phi) is 5.35. The molecule has 0 aliphatic heterocycles. The molecule has 0 heterocycles. The van der Waals surface area contributed by atoms with Gasteiger partial charge < -0.3 is 5.32 Å². The van der Waals surface area contributed by atoms with E-state index in [4.69, 9.17) is 0 Å². The van der Waals surface area contributed by atoms with Gasteiger partial charge in [-0.05, 0) is 19.4 Å². The Morgan fingerprint density at radius 1 is 1.31 bits per heavy atom.